The Bertz CT molecular complexity index is 524. The molecule has 2 fully saturated rings. The van der Waals surface area contributed by atoms with Crippen molar-refractivity contribution < 1.29 is 4.79 Å². The second-order valence-corrected chi connectivity index (χ2v) is 10.4. The maximum atomic E-state index is 12.8. The van der Waals surface area contributed by atoms with Crippen molar-refractivity contribution in [2.75, 3.05) is 44.2 Å². The van der Waals surface area contributed by atoms with E-state index in [0.717, 1.165) is 82.3 Å². The molecule has 1 saturated heterocycles. The van der Waals surface area contributed by atoms with Crippen LogP contribution in [0.2, 0.25) is 0 Å². The summed E-state index contributed by atoms with van der Waals surface area (Å²) in [4.78, 5) is 22.2. The number of nitrogens with zero attached hydrogens (tertiary/aromatic N) is 3. The van der Waals surface area contributed by atoms with Crippen LogP contribution in [-0.4, -0.2) is 84.0 Å². The van der Waals surface area contributed by atoms with E-state index >= 15 is 0 Å². The van der Waals surface area contributed by atoms with Crippen LogP contribution in [0, 0.1) is 5.92 Å². The van der Waals surface area contributed by atoms with Gasteiger partial charge in [0.05, 0.1) is 0 Å². The molecule has 1 amide bonds. The molecule has 2 aliphatic rings. The van der Waals surface area contributed by atoms with Gasteiger partial charge in [0.1, 0.15) is 0 Å². The van der Waals surface area contributed by atoms with Gasteiger partial charge in [-0.3, -0.25) is 14.7 Å². The fourth-order valence-electron chi connectivity index (χ4n) is 4.60. The molecule has 0 aromatic heterocycles. The first-order chi connectivity index (χ1) is 14.4. The molecular weight excluding hydrogens is 521 g/mol. The van der Waals surface area contributed by atoms with E-state index in [-0.39, 0.29) is 29.9 Å². The van der Waals surface area contributed by atoms with Gasteiger partial charge in [-0.2, -0.15) is 11.8 Å². The summed E-state index contributed by atoms with van der Waals surface area (Å²) >= 11 is 1.96. The van der Waals surface area contributed by atoms with Crippen LogP contribution in [0.15, 0.2) is 4.99 Å². The maximum absolute atomic E-state index is 12.8. The van der Waals surface area contributed by atoms with Crippen LogP contribution in [0.1, 0.15) is 66.7 Å². The number of aliphatic imine (C=N–C) groups is 1. The van der Waals surface area contributed by atoms with Crippen molar-refractivity contribution in [2.45, 2.75) is 84.8 Å². The lowest BCUT2D eigenvalue weighted by Gasteiger charge is -2.34. The Morgan fingerprint density at radius 3 is 2.26 bits per heavy atom. The summed E-state index contributed by atoms with van der Waals surface area (Å²) in [6.07, 6.45) is 5.17. The number of rotatable bonds is 9. The first-order valence-electron chi connectivity index (χ1n) is 12.1. The zero-order valence-corrected chi connectivity index (χ0v) is 23.5. The number of hydrogen-bond donors (Lipinski definition) is 2. The molecule has 31 heavy (non-hydrogen) atoms. The normalized spacial score (nSPS) is 22.6. The minimum atomic E-state index is 0. The smallest absolute Gasteiger partial charge is 0.225 e. The average molecular weight is 568 g/mol. The van der Waals surface area contributed by atoms with Crippen LogP contribution in [0.4, 0.5) is 0 Å². The van der Waals surface area contributed by atoms with Crippen molar-refractivity contribution >= 4 is 47.6 Å². The molecule has 0 unspecified atom stereocenters. The monoisotopic (exact) mass is 567 g/mol. The molecule has 0 aromatic rings. The van der Waals surface area contributed by atoms with E-state index in [1.54, 1.807) is 0 Å². The van der Waals surface area contributed by atoms with Gasteiger partial charge in [-0.15, -0.1) is 24.0 Å². The largest absolute Gasteiger partial charge is 0.357 e. The summed E-state index contributed by atoms with van der Waals surface area (Å²) in [7, 11) is 0. The lowest BCUT2D eigenvalue weighted by Crippen LogP contribution is -2.47. The third-order valence-electron chi connectivity index (χ3n) is 6.26. The van der Waals surface area contributed by atoms with Crippen LogP contribution in [0.25, 0.3) is 0 Å². The van der Waals surface area contributed by atoms with E-state index < -0.39 is 0 Å². The molecule has 1 saturated carbocycles. The summed E-state index contributed by atoms with van der Waals surface area (Å²) in [5, 5.41) is 7.02. The van der Waals surface area contributed by atoms with E-state index in [2.05, 4.69) is 55.1 Å². The van der Waals surface area contributed by atoms with Gasteiger partial charge >= 0.3 is 0 Å². The van der Waals surface area contributed by atoms with E-state index in [4.69, 9.17) is 4.99 Å². The fourth-order valence-corrected chi connectivity index (χ4v) is 5.50. The fraction of sp³-hybridized carbons (Fsp3) is 0.913. The number of thioether (sulfide) groups is 1. The number of hydrogen-bond acceptors (Lipinski definition) is 4. The molecule has 2 N–H and O–H groups in total. The van der Waals surface area contributed by atoms with Crippen LogP contribution in [0.3, 0.4) is 0 Å². The quantitative estimate of drug-likeness (QED) is 0.192. The summed E-state index contributed by atoms with van der Waals surface area (Å²) < 4.78 is 0. The Kier molecular flexibility index (Phi) is 14.5. The molecular formula is C23H46IN5OS. The molecule has 1 aliphatic heterocycles. The second-order valence-electron chi connectivity index (χ2n) is 9.17. The highest BCUT2D eigenvalue weighted by atomic mass is 127. The van der Waals surface area contributed by atoms with Gasteiger partial charge in [0.15, 0.2) is 5.96 Å². The molecule has 0 aromatic carbocycles. The van der Waals surface area contributed by atoms with Gasteiger partial charge in [0.2, 0.25) is 5.91 Å². The van der Waals surface area contributed by atoms with Crippen molar-refractivity contribution in [1.82, 2.24) is 20.4 Å². The van der Waals surface area contributed by atoms with E-state index in [1.165, 1.54) is 0 Å². The number of carbonyl (C=O) groups is 1. The first kappa shape index (κ1) is 28.8. The van der Waals surface area contributed by atoms with Crippen LogP contribution < -0.4 is 10.6 Å². The minimum Gasteiger partial charge on any atom is -0.357 e. The van der Waals surface area contributed by atoms with Crippen molar-refractivity contribution in [3.8, 4) is 0 Å². The molecule has 8 heteroatoms. The molecule has 0 bridgehead atoms. The van der Waals surface area contributed by atoms with Crippen LogP contribution in [-0.2, 0) is 4.79 Å². The number of nitrogens with one attached hydrogen (secondary N) is 2. The van der Waals surface area contributed by atoms with E-state index in [0.29, 0.717) is 24.0 Å². The van der Waals surface area contributed by atoms with Gasteiger partial charge in [0, 0.05) is 68.3 Å². The number of carbonyl (C=O) groups excluding carboxylic acids is 1. The zero-order valence-electron chi connectivity index (χ0n) is 20.4. The Morgan fingerprint density at radius 2 is 1.71 bits per heavy atom. The third-order valence-corrected chi connectivity index (χ3v) is 7.20. The third kappa shape index (κ3) is 10.1. The summed E-state index contributed by atoms with van der Waals surface area (Å²) in [5.74, 6) is 3.74. The molecule has 0 spiro atoms. The van der Waals surface area contributed by atoms with Crippen LogP contribution in [0.5, 0.6) is 0 Å². The topological polar surface area (TPSA) is 60.0 Å². The predicted molar refractivity (Wildman–Crippen MR) is 146 cm³/mol. The molecule has 2 rings (SSSR count). The maximum Gasteiger partial charge on any atom is 0.225 e. The summed E-state index contributed by atoms with van der Waals surface area (Å²) in [6.45, 7) is 15.8. The number of halogens is 1. The number of guanidine groups is 1. The highest BCUT2D eigenvalue weighted by Crippen LogP contribution is 2.27. The Hall–Kier alpha value is -0.220. The van der Waals surface area contributed by atoms with E-state index in [9.17, 15) is 4.79 Å². The lowest BCUT2D eigenvalue weighted by molar-refractivity contribution is -0.136. The van der Waals surface area contributed by atoms with Crippen molar-refractivity contribution in [3.05, 3.63) is 0 Å². The predicted octanol–water partition coefficient (Wildman–Crippen LogP) is 3.80. The van der Waals surface area contributed by atoms with Gasteiger partial charge in [-0.1, -0.05) is 0 Å². The van der Waals surface area contributed by atoms with Crippen molar-refractivity contribution in [1.29, 1.82) is 0 Å². The van der Waals surface area contributed by atoms with Crippen LogP contribution >= 0.6 is 35.7 Å². The van der Waals surface area contributed by atoms with Gasteiger partial charge < -0.3 is 15.5 Å². The lowest BCUT2D eigenvalue weighted by atomic mass is 9.85. The van der Waals surface area contributed by atoms with Crippen molar-refractivity contribution in [2.24, 2.45) is 10.9 Å². The minimum absolute atomic E-state index is 0. The Balaban J connectivity index is 0.00000480. The standard InChI is InChI=1S/C23H45N5OS.HI/c1-6-24-23(25-12-7-13-28(18(2)3)19(4)5)26-21-10-8-20(9-11-21)22(29)27-14-16-30-17-15-27;/h18-21H,6-17H2,1-5H3,(H2,24,25,26);1H. The SMILES string of the molecule is CCNC(=NCCCN(C(C)C)C(C)C)NC1CCC(C(=O)N2CCSCC2)CC1.I. The Labute approximate surface area is 212 Å². The number of amides is 1. The second kappa shape index (κ2) is 15.6. The molecule has 1 aliphatic carbocycles. The zero-order chi connectivity index (χ0) is 21.9. The van der Waals surface area contributed by atoms with Gasteiger partial charge in [-0.25, -0.2) is 0 Å². The molecule has 0 atom stereocenters. The Morgan fingerprint density at radius 1 is 1.10 bits per heavy atom. The van der Waals surface area contributed by atoms with Gasteiger partial charge in [-0.05, 0) is 66.7 Å². The van der Waals surface area contributed by atoms with Crippen molar-refractivity contribution in [3.63, 3.8) is 0 Å². The van der Waals surface area contributed by atoms with E-state index in [1.807, 2.05) is 11.8 Å². The van der Waals surface area contributed by atoms with Gasteiger partial charge in [0.25, 0.3) is 0 Å². The highest BCUT2D eigenvalue weighted by molar-refractivity contribution is 14.0. The average Bonchev–Trinajstić information content (AvgIpc) is 2.73. The molecule has 6 nitrogen and oxygen atoms in total. The molecule has 0 radical (unpaired) electrons. The first-order valence-corrected chi connectivity index (χ1v) is 13.2. The molecule has 1 heterocycles. The summed E-state index contributed by atoms with van der Waals surface area (Å²) in [5.41, 5.74) is 0. The molecule has 182 valence electrons. The highest BCUT2D eigenvalue weighted by Gasteiger charge is 2.30. The summed E-state index contributed by atoms with van der Waals surface area (Å²) in [6, 6.07) is 1.57.